The van der Waals surface area contributed by atoms with E-state index < -0.39 is 0 Å². The first kappa shape index (κ1) is 15.8. The van der Waals surface area contributed by atoms with E-state index in [-0.39, 0.29) is 5.82 Å². The number of aromatic amines is 1. The highest BCUT2D eigenvalue weighted by molar-refractivity contribution is 6.32. The molecule has 4 N–H and O–H groups in total. The van der Waals surface area contributed by atoms with Crippen molar-refractivity contribution in [2.24, 2.45) is 0 Å². The molecule has 1 aliphatic heterocycles. The topological polar surface area (TPSA) is 103 Å². The second-order valence-electron chi connectivity index (χ2n) is 5.66. The van der Waals surface area contributed by atoms with Crippen LogP contribution in [0.2, 0.25) is 5.15 Å². The summed E-state index contributed by atoms with van der Waals surface area (Å²) < 4.78 is 0. The molecule has 0 spiro atoms. The summed E-state index contributed by atoms with van der Waals surface area (Å²) in [6.45, 7) is 3.62. The molecule has 0 bridgehead atoms. The van der Waals surface area contributed by atoms with Crippen molar-refractivity contribution in [2.45, 2.75) is 39.2 Å². The molecule has 0 fully saturated rings. The third-order valence-corrected chi connectivity index (χ3v) is 4.35. The molecule has 0 unspecified atom stereocenters. The zero-order valence-electron chi connectivity index (χ0n) is 13.0. The van der Waals surface area contributed by atoms with Gasteiger partial charge in [0, 0.05) is 37.2 Å². The average Bonchev–Trinajstić information content (AvgIpc) is 2.92. The van der Waals surface area contributed by atoms with Crippen LogP contribution in [0.15, 0.2) is 0 Å². The van der Waals surface area contributed by atoms with Crippen LogP contribution in [-0.4, -0.2) is 21.5 Å². The van der Waals surface area contributed by atoms with Crippen molar-refractivity contribution in [3.63, 3.8) is 0 Å². The number of hydrogen-bond donors (Lipinski definition) is 3. The Kier molecular flexibility index (Phi) is 4.51. The summed E-state index contributed by atoms with van der Waals surface area (Å²) >= 11 is 6.37. The summed E-state index contributed by atoms with van der Waals surface area (Å²) in [6.07, 6.45) is 3.73. The Labute approximate surface area is 140 Å². The zero-order chi connectivity index (χ0) is 16.4. The Morgan fingerprint density at radius 2 is 2.22 bits per heavy atom. The van der Waals surface area contributed by atoms with Gasteiger partial charge in [-0.05, 0) is 12.0 Å². The highest BCUT2D eigenvalue weighted by Gasteiger charge is 2.25. The Bertz CT molecular complexity index is 774. The number of imidazole rings is 1. The molecule has 23 heavy (non-hydrogen) atoms. The van der Waals surface area contributed by atoms with Crippen molar-refractivity contribution in [2.75, 3.05) is 12.3 Å². The third-order valence-electron chi connectivity index (χ3n) is 4.08. The minimum Gasteiger partial charge on any atom is -0.383 e. The molecule has 6 nitrogen and oxygen atoms in total. The second kappa shape index (κ2) is 6.57. The maximum absolute atomic E-state index is 9.53. The van der Waals surface area contributed by atoms with Gasteiger partial charge in [0.1, 0.15) is 34.1 Å². The summed E-state index contributed by atoms with van der Waals surface area (Å²) in [5.74, 6) is 1.08. The summed E-state index contributed by atoms with van der Waals surface area (Å²) in [5.41, 5.74) is 9.55. The van der Waals surface area contributed by atoms with Crippen LogP contribution in [0.5, 0.6) is 0 Å². The Morgan fingerprint density at radius 3 is 2.96 bits per heavy atom. The highest BCUT2D eigenvalue weighted by Crippen LogP contribution is 2.36. The van der Waals surface area contributed by atoms with Gasteiger partial charge in [0.15, 0.2) is 0 Å². The van der Waals surface area contributed by atoms with Crippen molar-refractivity contribution in [1.82, 2.24) is 20.3 Å². The second-order valence-corrected chi connectivity index (χ2v) is 6.04. The minimum absolute atomic E-state index is 0.248. The summed E-state index contributed by atoms with van der Waals surface area (Å²) in [7, 11) is 0. The Hall–Kier alpha value is -2.10. The number of nitrogen functional groups attached to an aromatic ring is 1. The SMILES string of the molecule is CCCCc1nc(-c2c(C#N)c(N)nc3c2CNCC3)c(Cl)[nH]1. The molecule has 0 saturated carbocycles. The number of pyridine rings is 1. The molecule has 0 radical (unpaired) electrons. The van der Waals surface area contributed by atoms with Crippen molar-refractivity contribution >= 4 is 17.4 Å². The number of anilines is 1. The van der Waals surface area contributed by atoms with Crippen LogP contribution in [0, 0.1) is 11.3 Å². The molecule has 2 aromatic rings. The first-order chi connectivity index (χ1) is 11.2. The predicted octanol–water partition coefficient (Wildman–Crippen LogP) is 2.57. The quantitative estimate of drug-likeness (QED) is 0.799. The number of nitrogens with zero attached hydrogens (tertiary/aromatic N) is 3. The first-order valence-electron chi connectivity index (χ1n) is 7.82. The van der Waals surface area contributed by atoms with Crippen molar-refractivity contribution < 1.29 is 0 Å². The maximum atomic E-state index is 9.53. The van der Waals surface area contributed by atoms with Gasteiger partial charge >= 0.3 is 0 Å². The van der Waals surface area contributed by atoms with Crippen molar-refractivity contribution in [3.05, 3.63) is 27.8 Å². The van der Waals surface area contributed by atoms with Gasteiger partial charge in [-0.3, -0.25) is 0 Å². The highest BCUT2D eigenvalue weighted by atomic mass is 35.5. The van der Waals surface area contributed by atoms with Gasteiger partial charge in [-0.2, -0.15) is 5.26 Å². The monoisotopic (exact) mass is 330 g/mol. The standard InChI is InChI=1S/C16H19ClN6/c1-2-3-4-12-22-14(15(17)23-12)13-9(7-18)16(19)21-11-5-6-20-8-10(11)13/h20H,2-6,8H2,1H3,(H2,19,21)(H,22,23). The third kappa shape index (κ3) is 2.90. The number of aryl methyl sites for hydroxylation is 1. The molecule has 7 heteroatoms. The van der Waals surface area contributed by atoms with E-state index in [1.54, 1.807) is 0 Å². The first-order valence-corrected chi connectivity index (χ1v) is 8.20. The Balaban J connectivity index is 2.17. The zero-order valence-corrected chi connectivity index (χ0v) is 13.8. The van der Waals surface area contributed by atoms with Crippen LogP contribution in [0.1, 0.15) is 42.4 Å². The van der Waals surface area contributed by atoms with Gasteiger partial charge < -0.3 is 16.0 Å². The number of unbranched alkanes of at least 4 members (excludes halogenated alkanes) is 1. The number of nitrogens with one attached hydrogen (secondary N) is 2. The summed E-state index contributed by atoms with van der Waals surface area (Å²) in [5, 5.41) is 13.3. The van der Waals surface area contributed by atoms with Crippen molar-refractivity contribution in [1.29, 1.82) is 5.26 Å². The fraction of sp³-hybridized carbons (Fsp3) is 0.438. The fourth-order valence-electron chi connectivity index (χ4n) is 2.91. The van der Waals surface area contributed by atoms with Crippen LogP contribution in [-0.2, 0) is 19.4 Å². The molecule has 0 aromatic carbocycles. The van der Waals surface area contributed by atoms with Crippen LogP contribution in [0.3, 0.4) is 0 Å². The largest absolute Gasteiger partial charge is 0.383 e. The van der Waals surface area contributed by atoms with E-state index in [1.165, 1.54) is 0 Å². The van der Waals surface area contributed by atoms with Gasteiger partial charge in [-0.15, -0.1) is 0 Å². The molecule has 3 rings (SSSR count). The number of rotatable bonds is 4. The van der Waals surface area contributed by atoms with Crippen molar-refractivity contribution in [3.8, 4) is 17.3 Å². The van der Waals surface area contributed by atoms with Gasteiger partial charge in [0.25, 0.3) is 0 Å². The van der Waals surface area contributed by atoms with E-state index in [0.717, 1.165) is 49.3 Å². The lowest BCUT2D eigenvalue weighted by molar-refractivity contribution is 0.632. The van der Waals surface area contributed by atoms with E-state index in [9.17, 15) is 5.26 Å². The molecule has 120 valence electrons. The molecule has 1 aliphatic rings. The number of aromatic nitrogens is 3. The lowest BCUT2D eigenvalue weighted by Crippen LogP contribution is -2.26. The van der Waals surface area contributed by atoms with E-state index in [1.807, 2.05) is 0 Å². The minimum atomic E-state index is 0.248. The number of fused-ring (bicyclic) bond motifs is 1. The number of halogens is 1. The predicted molar refractivity (Wildman–Crippen MR) is 90.0 cm³/mol. The van der Waals surface area contributed by atoms with Crippen LogP contribution >= 0.6 is 11.6 Å². The fourth-order valence-corrected chi connectivity index (χ4v) is 3.16. The average molecular weight is 331 g/mol. The molecule has 0 amide bonds. The van der Waals surface area contributed by atoms with Gasteiger partial charge in [-0.25, -0.2) is 9.97 Å². The summed E-state index contributed by atoms with van der Waals surface area (Å²) in [6, 6.07) is 2.16. The van der Waals surface area contributed by atoms with Gasteiger partial charge in [0.2, 0.25) is 0 Å². The van der Waals surface area contributed by atoms with E-state index >= 15 is 0 Å². The van der Waals surface area contributed by atoms with Gasteiger partial charge in [0.05, 0.1) is 0 Å². The smallest absolute Gasteiger partial charge is 0.142 e. The Morgan fingerprint density at radius 1 is 1.39 bits per heavy atom. The maximum Gasteiger partial charge on any atom is 0.142 e. The van der Waals surface area contributed by atoms with Crippen LogP contribution in [0.4, 0.5) is 5.82 Å². The number of H-pyrrole nitrogens is 1. The van der Waals surface area contributed by atoms with Gasteiger partial charge in [-0.1, -0.05) is 24.9 Å². The molecule has 0 atom stereocenters. The number of nitriles is 1. The lowest BCUT2D eigenvalue weighted by atomic mass is 9.95. The molecule has 0 aliphatic carbocycles. The summed E-state index contributed by atoms with van der Waals surface area (Å²) in [4.78, 5) is 12.1. The number of hydrogen-bond acceptors (Lipinski definition) is 5. The lowest BCUT2D eigenvalue weighted by Gasteiger charge is -2.20. The van der Waals surface area contributed by atoms with E-state index in [4.69, 9.17) is 17.3 Å². The molecule has 0 saturated heterocycles. The van der Waals surface area contributed by atoms with Crippen LogP contribution in [0.25, 0.3) is 11.3 Å². The molecule has 3 heterocycles. The molecular weight excluding hydrogens is 312 g/mol. The molecule has 2 aromatic heterocycles. The van der Waals surface area contributed by atoms with E-state index in [2.05, 4.69) is 33.3 Å². The normalized spacial score (nSPS) is 13.6. The number of nitrogens with two attached hydrogens (primary N) is 1. The van der Waals surface area contributed by atoms with Crippen LogP contribution < -0.4 is 11.1 Å². The molecular formula is C16H19ClN6. The van der Waals surface area contributed by atoms with E-state index in [0.29, 0.717) is 28.5 Å².